The lowest BCUT2D eigenvalue weighted by atomic mass is 10.1. The van der Waals surface area contributed by atoms with E-state index >= 15 is 0 Å². The molecule has 1 aliphatic carbocycles. The third-order valence-electron chi connectivity index (χ3n) is 3.16. The van der Waals surface area contributed by atoms with Crippen molar-refractivity contribution in [2.24, 2.45) is 5.92 Å². The van der Waals surface area contributed by atoms with Crippen LogP contribution in [0.3, 0.4) is 0 Å². The number of nitrogens with one attached hydrogen (secondary N) is 2. The van der Waals surface area contributed by atoms with Gasteiger partial charge in [-0.05, 0) is 37.3 Å². The summed E-state index contributed by atoms with van der Waals surface area (Å²) in [7, 11) is 0. The Morgan fingerprint density at radius 3 is 2.79 bits per heavy atom. The second-order valence-corrected chi connectivity index (χ2v) is 5.68. The van der Waals surface area contributed by atoms with Crippen LogP contribution in [0.2, 0.25) is 0 Å². The number of carbonyl (C=O) groups excluding carboxylic acids is 1. The van der Waals surface area contributed by atoms with Crippen molar-refractivity contribution in [3.05, 3.63) is 18.3 Å². The highest BCUT2D eigenvalue weighted by Gasteiger charge is 2.20. The van der Waals surface area contributed by atoms with Gasteiger partial charge in [0, 0.05) is 12.5 Å². The molecule has 0 unspecified atom stereocenters. The van der Waals surface area contributed by atoms with Gasteiger partial charge in [0.15, 0.2) is 0 Å². The Balaban J connectivity index is 1.73. The summed E-state index contributed by atoms with van der Waals surface area (Å²) in [5.74, 6) is 1.62. The third-order valence-corrected chi connectivity index (χ3v) is 3.16. The Kier molecular flexibility index (Phi) is 4.77. The molecule has 1 saturated carbocycles. The van der Waals surface area contributed by atoms with Crippen LogP contribution in [-0.2, 0) is 4.79 Å². The molecule has 0 saturated heterocycles. The van der Waals surface area contributed by atoms with Crippen molar-refractivity contribution >= 4 is 17.4 Å². The molecule has 0 radical (unpaired) electrons. The van der Waals surface area contributed by atoms with Crippen LogP contribution >= 0.6 is 0 Å². The fourth-order valence-corrected chi connectivity index (χ4v) is 1.88. The van der Waals surface area contributed by atoms with Gasteiger partial charge in [0.1, 0.15) is 5.82 Å². The summed E-state index contributed by atoms with van der Waals surface area (Å²) >= 11 is 0. The molecular formula is C15H23N3O. The zero-order valence-electron chi connectivity index (χ0n) is 11.8. The number of rotatable bonds is 7. The highest BCUT2D eigenvalue weighted by Crippen LogP contribution is 2.23. The first-order valence-electron chi connectivity index (χ1n) is 7.16. The van der Waals surface area contributed by atoms with Crippen molar-refractivity contribution in [2.75, 3.05) is 10.6 Å². The largest absolute Gasteiger partial charge is 0.367 e. The highest BCUT2D eigenvalue weighted by molar-refractivity contribution is 5.90. The molecule has 0 bridgehead atoms. The molecule has 2 rings (SSSR count). The standard InChI is InChI=1S/C15H23N3O/c1-11(2)4-3-5-15(19)18-13-8-9-14(16-10-13)17-12-6-7-12/h8-12H,3-7H2,1-2H3,(H,16,17)(H,18,19). The summed E-state index contributed by atoms with van der Waals surface area (Å²) in [4.78, 5) is 16.0. The molecule has 19 heavy (non-hydrogen) atoms. The van der Waals surface area contributed by atoms with Gasteiger partial charge >= 0.3 is 0 Å². The van der Waals surface area contributed by atoms with Gasteiger partial charge in [-0.2, -0.15) is 0 Å². The van der Waals surface area contributed by atoms with Crippen LogP contribution in [0.15, 0.2) is 18.3 Å². The van der Waals surface area contributed by atoms with Crippen LogP contribution in [0.4, 0.5) is 11.5 Å². The maximum atomic E-state index is 11.7. The summed E-state index contributed by atoms with van der Waals surface area (Å²) in [5.41, 5.74) is 0.774. The van der Waals surface area contributed by atoms with Crippen molar-refractivity contribution < 1.29 is 4.79 Å². The predicted molar refractivity (Wildman–Crippen MR) is 78.2 cm³/mol. The van der Waals surface area contributed by atoms with E-state index in [9.17, 15) is 4.79 Å². The van der Waals surface area contributed by atoms with Crippen LogP contribution in [0.25, 0.3) is 0 Å². The van der Waals surface area contributed by atoms with Gasteiger partial charge in [-0.1, -0.05) is 20.3 Å². The molecule has 1 amide bonds. The minimum absolute atomic E-state index is 0.0744. The molecule has 1 heterocycles. The average Bonchev–Trinajstić information content (AvgIpc) is 3.15. The molecule has 0 spiro atoms. The molecular weight excluding hydrogens is 238 g/mol. The number of hydrogen-bond donors (Lipinski definition) is 2. The minimum atomic E-state index is 0.0744. The topological polar surface area (TPSA) is 54.0 Å². The number of anilines is 2. The second-order valence-electron chi connectivity index (χ2n) is 5.68. The summed E-state index contributed by atoms with van der Waals surface area (Å²) < 4.78 is 0. The number of amides is 1. The van der Waals surface area contributed by atoms with Crippen molar-refractivity contribution in [1.29, 1.82) is 0 Å². The Labute approximate surface area is 115 Å². The van der Waals surface area contributed by atoms with E-state index < -0.39 is 0 Å². The molecule has 1 aliphatic rings. The van der Waals surface area contributed by atoms with Crippen LogP contribution in [0.1, 0.15) is 46.0 Å². The quantitative estimate of drug-likeness (QED) is 0.790. The van der Waals surface area contributed by atoms with Gasteiger partial charge in [0.2, 0.25) is 5.91 Å². The molecule has 1 fully saturated rings. The summed E-state index contributed by atoms with van der Waals surface area (Å²) in [5, 5.41) is 6.20. The lowest BCUT2D eigenvalue weighted by Crippen LogP contribution is -2.12. The maximum absolute atomic E-state index is 11.7. The zero-order valence-corrected chi connectivity index (χ0v) is 11.8. The summed E-state index contributed by atoms with van der Waals surface area (Å²) in [6, 6.07) is 4.42. The first kappa shape index (κ1) is 13.8. The molecule has 1 aromatic heterocycles. The van der Waals surface area contributed by atoms with Gasteiger partial charge < -0.3 is 10.6 Å². The van der Waals surface area contributed by atoms with Crippen molar-refractivity contribution in [3.8, 4) is 0 Å². The highest BCUT2D eigenvalue weighted by atomic mass is 16.1. The lowest BCUT2D eigenvalue weighted by Gasteiger charge is -2.07. The molecule has 2 N–H and O–H groups in total. The molecule has 0 aliphatic heterocycles. The van der Waals surface area contributed by atoms with Crippen LogP contribution in [-0.4, -0.2) is 16.9 Å². The lowest BCUT2D eigenvalue weighted by molar-refractivity contribution is -0.116. The Bertz CT molecular complexity index is 410. The first-order valence-corrected chi connectivity index (χ1v) is 7.16. The second kappa shape index (κ2) is 6.55. The predicted octanol–water partition coefficient (Wildman–Crippen LogP) is 3.42. The van der Waals surface area contributed by atoms with Crippen LogP contribution in [0.5, 0.6) is 0 Å². The van der Waals surface area contributed by atoms with E-state index in [0.717, 1.165) is 24.3 Å². The molecule has 1 aromatic rings. The Morgan fingerprint density at radius 2 is 2.21 bits per heavy atom. The van der Waals surface area contributed by atoms with Gasteiger partial charge in [-0.25, -0.2) is 4.98 Å². The van der Waals surface area contributed by atoms with E-state index in [0.29, 0.717) is 18.4 Å². The molecule has 0 aromatic carbocycles. The van der Waals surface area contributed by atoms with E-state index in [2.05, 4.69) is 29.5 Å². The van der Waals surface area contributed by atoms with Crippen molar-refractivity contribution in [1.82, 2.24) is 4.98 Å². The van der Waals surface area contributed by atoms with Gasteiger partial charge in [0.05, 0.1) is 11.9 Å². The van der Waals surface area contributed by atoms with Crippen LogP contribution in [0, 0.1) is 5.92 Å². The maximum Gasteiger partial charge on any atom is 0.224 e. The molecule has 4 heteroatoms. The monoisotopic (exact) mass is 261 g/mol. The smallest absolute Gasteiger partial charge is 0.224 e. The number of carbonyl (C=O) groups is 1. The van der Waals surface area contributed by atoms with Crippen molar-refractivity contribution in [3.63, 3.8) is 0 Å². The zero-order chi connectivity index (χ0) is 13.7. The summed E-state index contributed by atoms with van der Waals surface area (Å²) in [6.45, 7) is 4.35. The molecule has 104 valence electrons. The fraction of sp³-hybridized carbons (Fsp3) is 0.600. The van der Waals surface area contributed by atoms with E-state index in [4.69, 9.17) is 0 Å². The Morgan fingerprint density at radius 1 is 1.42 bits per heavy atom. The number of aromatic nitrogens is 1. The first-order chi connectivity index (χ1) is 9.13. The van der Waals surface area contributed by atoms with Gasteiger partial charge in [-0.15, -0.1) is 0 Å². The van der Waals surface area contributed by atoms with Crippen LogP contribution < -0.4 is 10.6 Å². The number of nitrogens with zero attached hydrogens (tertiary/aromatic N) is 1. The van der Waals surface area contributed by atoms with E-state index in [1.165, 1.54) is 12.8 Å². The number of pyridine rings is 1. The summed E-state index contributed by atoms with van der Waals surface area (Å²) in [6.07, 6.45) is 6.80. The average molecular weight is 261 g/mol. The minimum Gasteiger partial charge on any atom is -0.367 e. The van der Waals surface area contributed by atoms with E-state index in [-0.39, 0.29) is 5.91 Å². The van der Waals surface area contributed by atoms with Gasteiger partial charge in [0.25, 0.3) is 0 Å². The molecule has 4 nitrogen and oxygen atoms in total. The van der Waals surface area contributed by atoms with E-state index in [1.54, 1.807) is 6.20 Å². The third kappa shape index (κ3) is 5.28. The van der Waals surface area contributed by atoms with Gasteiger partial charge in [-0.3, -0.25) is 4.79 Å². The SMILES string of the molecule is CC(C)CCCC(=O)Nc1ccc(NC2CC2)nc1. The normalized spacial score (nSPS) is 14.5. The Hall–Kier alpha value is -1.58. The number of hydrogen-bond acceptors (Lipinski definition) is 3. The van der Waals surface area contributed by atoms with Crippen molar-refractivity contribution in [2.45, 2.75) is 52.0 Å². The van der Waals surface area contributed by atoms with E-state index in [1.807, 2.05) is 12.1 Å². The fourth-order valence-electron chi connectivity index (χ4n) is 1.88. The molecule has 0 atom stereocenters.